The molecule has 1 aromatic carbocycles. The number of nitrogens with zero attached hydrogens (tertiary/aromatic N) is 1. The average molecular weight is 361 g/mol. The third-order valence-corrected chi connectivity index (χ3v) is 3.36. The van der Waals surface area contributed by atoms with Crippen molar-refractivity contribution in [2.75, 3.05) is 14.1 Å². The lowest BCUT2D eigenvalue weighted by molar-refractivity contribution is -0.136. The van der Waals surface area contributed by atoms with Gasteiger partial charge in [0.05, 0.1) is 4.47 Å². The van der Waals surface area contributed by atoms with Gasteiger partial charge in [0.25, 0.3) is 5.91 Å². The zero-order valence-corrected chi connectivity index (χ0v) is 13.9. The molecule has 1 rings (SSSR count). The van der Waals surface area contributed by atoms with E-state index in [1.165, 1.54) is 23.1 Å². The summed E-state index contributed by atoms with van der Waals surface area (Å²) in [5.41, 5.74) is 0. The highest BCUT2D eigenvalue weighted by atomic mass is 79.9. The van der Waals surface area contributed by atoms with Crippen LogP contribution < -0.4 is 10.1 Å². The Kier molecular flexibility index (Phi) is 6.14. The topological polar surface area (TPSA) is 58.6 Å². The van der Waals surface area contributed by atoms with Crippen molar-refractivity contribution in [2.24, 2.45) is 0 Å². The Labute approximate surface area is 131 Å². The van der Waals surface area contributed by atoms with Crippen LogP contribution >= 0.6 is 15.9 Å². The molecule has 0 aliphatic rings. The SMILES string of the molecule is C[C@H](NC(=O)[C@H](C)Oc1ccc(F)cc1Br)C(=O)N(C)C. The van der Waals surface area contributed by atoms with Gasteiger partial charge in [-0.1, -0.05) is 0 Å². The van der Waals surface area contributed by atoms with Crippen LogP contribution in [0.3, 0.4) is 0 Å². The van der Waals surface area contributed by atoms with E-state index in [0.717, 1.165) is 0 Å². The number of carbonyl (C=O) groups excluding carboxylic acids is 2. The maximum absolute atomic E-state index is 13.0. The third kappa shape index (κ3) is 5.00. The molecule has 0 aliphatic heterocycles. The maximum Gasteiger partial charge on any atom is 0.261 e. The number of carbonyl (C=O) groups is 2. The van der Waals surface area contributed by atoms with Gasteiger partial charge in [0, 0.05) is 14.1 Å². The molecule has 5 nitrogen and oxygen atoms in total. The molecule has 21 heavy (non-hydrogen) atoms. The number of nitrogens with one attached hydrogen (secondary N) is 1. The summed E-state index contributed by atoms with van der Waals surface area (Å²) in [5, 5.41) is 2.57. The minimum atomic E-state index is -0.816. The summed E-state index contributed by atoms with van der Waals surface area (Å²) < 4.78 is 18.8. The summed E-state index contributed by atoms with van der Waals surface area (Å²) in [6, 6.07) is 3.27. The molecular formula is C14H18BrFN2O3. The number of halogens is 2. The summed E-state index contributed by atoms with van der Waals surface area (Å²) in [7, 11) is 3.22. The van der Waals surface area contributed by atoms with Gasteiger partial charge in [-0.2, -0.15) is 0 Å². The second-order valence-corrected chi connectivity index (χ2v) is 5.65. The number of hydrogen-bond donors (Lipinski definition) is 1. The number of rotatable bonds is 5. The first-order valence-corrected chi connectivity index (χ1v) is 7.15. The van der Waals surface area contributed by atoms with Gasteiger partial charge in [-0.15, -0.1) is 0 Å². The molecule has 2 atom stereocenters. The molecule has 0 aromatic heterocycles. The molecule has 0 aliphatic carbocycles. The largest absolute Gasteiger partial charge is 0.480 e. The van der Waals surface area contributed by atoms with Gasteiger partial charge in [0.2, 0.25) is 5.91 Å². The second kappa shape index (κ2) is 7.40. The molecule has 0 heterocycles. The molecule has 7 heteroatoms. The van der Waals surface area contributed by atoms with E-state index in [2.05, 4.69) is 21.2 Å². The quantitative estimate of drug-likeness (QED) is 0.872. The number of hydrogen-bond acceptors (Lipinski definition) is 3. The van der Waals surface area contributed by atoms with Crippen molar-refractivity contribution >= 4 is 27.7 Å². The molecule has 0 saturated heterocycles. The molecule has 2 amide bonds. The molecule has 0 unspecified atom stereocenters. The first-order chi connectivity index (χ1) is 9.72. The molecule has 1 aromatic rings. The average Bonchev–Trinajstić information content (AvgIpc) is 2.40. The number of amides is 2. The van der Waals surface area contributed by atoms with Gasteiger partial charge in [0.15, 0.2) is 6.10 Å². The Morgan fingerprint density at radius 1 is 1.33 bits per heavy atom. The Morgan fingerprint density at radius 2 is 1.95 bits per heavy atom. The lowest BCUT2D eigenvalue weighted by Crippen LogP contribution is -2.48. The van der Waals surface area contributed by atoms with Crippen molar-refractivity contribution in [3.63, 3.8) is 0 Å². The van der Waals surface area contributed by atoms with Crippen LogP contribution in [0.2, 0.25) is 0 Å². The summed E-state index contributed by atoms with van der Waals surface area (Å²) in [5.74, 6) is -0.686. The van der Waals surface area contributed by atoms with Gasteiger partial charge in [-0.05, 0) is 48.0 Å². The van der Waals surface area contributed by atoms with Crippen LogP contribution in [-0.4, -0.2) is 43.0 Å². The van der Waals surface area contributed by atoms with E-state index in [4.69, 9.17) is 4.74 Å². The van der Waals surface area contributed by atoms with E-state index in [1.807, 2.05) is 0 Å². The Bertz CT molecular complexity index is 537. The molecule has 0 bridgehead atoms. The van der Waals surface area contributed by atoms with Crippen LogP contribution in [0.5, 0.6) is 5.75 Å². The minimum Gasteiger partial charge on any atom is -0.480 e. The van der Waals surface area contributed by atoms with Crippen LogP contribution in [0.1, 0.15) is 13.8 Å². The van der Waals surface area contributed by atoms with Crippen LogP contribution in [0, 0.1) is 5.82 Å². The smallest absolute Gasteiger partial charge is 0.261 e. The maximum atomic E-state index is 13.0. The standard InChI is InChI=1S/C14H18BrFN2O3/c1-8(14(20)18(3)4)17-13(19)9(2)21-12-6-5-10(16)7-11(12)15/h5-9H,1-4H3,(H,17,19)/t8-,9-/m0/s1. The van der Waals surface area contributed by atoms with Crippen molar-refractivity contribution in [1.82, 2.24) is 10.2 Å². The molecule has 1 N–H and O–H groups in total. The fourth-order valence-electron chi connectivity index (χ4n) is 1.59. The number of ether oxygens (including phenoxy) is 1. The van der Waals surface area contributed by atoms with Crippen LogP contribution in [0.15, 0.2) is 22.7 Å². The first-order valence-electron chi connectivity index (χ1n) is 6.35. The summed E-state index contributed by atoms with van der Waals surface area (Å²) in [4.78, 5) is 25.0. The number of benzene rings is 1. The van der Waals surface area contributed by atoms with E-state index in [0.29, 0.717) is 10.2 Å². The summed E-state index contributed by atoms with van der Waals surface area (Å²) >= 11 is 3.16. The van der Waals surface area contributed by atoms with E-state index in [1.54, 1.807) is 27.9 Å². The third-order valence-electron chi connectivity index (χ3n) is 2.74. The molecule has 116 valence electrons. The van der Waals surface area contributed by atoms with Crippen molar-refractivity contribution < 1.29 is 18.7 Å². The van der Waals surface area contributed by atoms with Crippen molar-refractivity contribution in [1.29, 1.82) is 0 Å². The minimum absolute atomic E-state index is 0.210. The summed E-state index contributed by atoms with van der Waals surface area (Å²) in [6.45, 7) is 3.15. The summed E-state index contributed by atoms with van der Waals surface area (Å²) in [6.07, 6.45) is -0.816. The molecular weight excluding hydrogens is 343 g/mol. The van der Waals surface area contributed by atoms with Gasteiger partial charge in [-0.3, -0.25) is 9.59 Å². The predicted molar refractivity (Wildman–Crippen MR) is 80.5 cm³/mol. The van der Waals surface area contributed by atoms with E-state index < -0.39 is 23.9 Å². The molecule has 0 radical (unpaired) electrons. The highest BCUT2D eigenvalue weighted by Gasteiger charge is 2.22. The highest BCUT2D eigenvalue weighted by molar-refractivity contribution is 9.10. The zero-order valence-electron chi connectivity index (χ0n) is 12.3. The molecule has 0 saturated carbocycles. The van der Waals surface area contributed by atoms with Crippen LogP contribution in [0.25, 0.3) is 0 Å². The lowest BCUT2D eigenvalue weighted by atomic mass is 10.2. The first kappa shape index (κ1) is 17.4. The Morgan fingerprint density at radius 3 is 2.48 bits per heavy atom. The monoisotopic (exact) mass is 360 g/mol. The molecule has 0 fully saturated rings. The fraction of sp³-hybridized carbons (Fsp3) is 0.429. The lowest BCUT2D eigenvalue weighted by Gasteiger charge is -2.21. The van der Waals surface area contributed by atoms with Crippen LogP contribution in [-0.2, 0) is 9.59 Å². The normalized spacial score (nSPS) is 13.2. The Balaban J connectivity index is 2.64. The highest BCUT2D eigenvalue weighted by Crippen LogP contribution is 2.26. The van der Waals surface area contributed by atoms with Crippen molar-refractivity contribution in [2.45, 2.75) is 26.0 Å². The van der Waals surface area contributed by atoms with Crippen LogP contribution in [0.4, 0.5) is 4.39 Å². The predicted octanol–water partition coefficient (Wildman–Crippen LogP) is 1.95. The fourth-order valence-corrected chi connectivity index (χ4v) is 2.04. The van der Waals surface area contributed by atoms with Crippen molar-refractivity contribution in [3.05, 3.63) is 28.5 Å². The van der Waals surface area contributed by atoms with E-state index in [9.17, 15) is 14.0 Å². The van der Waals surface area contributed by atoms with E-state index in [-0.39, 0.29) is 5.91 Å². The second-order valence-electron chi connectivity index (χ2n) is 4.80. The van der Waals surface area contributed by atoms with Crippen molar-refractivity contribution in [3.8, 4) is 5.75 Å². The number of likely N-dealkylation sites (N-methyl/N-ethyl adjacent to an activating group) is 1. The van der Waals surface area contributed by atoms with E-state index >= 15 is 0 Å². The Hall–Kier alpha value is -1.63. The van der Waals surface area contributed by atoms with Gasteiger partial charge >= 0.3 is 0 Å². The molecule has 0 spiro atoms. The van der Waals surface area contributed by atoms with Gasteiger partial charge in [0.1, 0.15) is 17.6 Å². The van der Waals surface area contributed by atoms with Gasteiger partial charge < -0.3 is 15.0 Å². The zero-order chi connectivity index (χ0) is 16.2. The van der Waals surface area contributed by atoms with Gasteiger partial charge in [-0.25, -0.2) is 4.39 Å².